The number of rotatable bonds is 5. The van der Waals surface area contributed by atoms with E-state index >= 15 is 0 Å². The molecular formula is C20H12F6O4. The normalized spacial score (nSPS) is 11.8. The van der Waals surface area contributed by atoms with Crippen molar-refractivity contribution in [3.8, 4) is 39.9 Å². The van der Waals surface area contributed by atoms with Gasteiger partial charge in [0.25, 0.3) is 0 Å². The molecule has 0 aliphatic carbocycles. The highest BCUT2D eigenvalue weighted by molar-refractivity contribution is 5.71. The highest BCUT2D eigenvalue weighted by Crippen LogP contribution is 2.45. The number of ether oxygens (including phenoxy) is 3. The highest BCUT2D eigenvalue weighted by Gasteiger charge is 2.38. The minimum Gasteiger partial charge on any atom is -0.508 e. The van der Waals surface area contributed by atoms with Gasteiger partial charge >= 0.3 is 12.7 Å². The Morgan fingerprint density at radius 1 is 0.600 bits per heavy atom. The van der Waals surface area contributed by atoms with Crippen LogP contribution < -0.4 is 14.2 Å². The third-order valence-corrected chi connectivity index (χ3v) is 3.67. The van der Waals surface area contributed by atoms with E-state index in [0.29, 0.717) is 17.2 Å². The predicted octanol–water partition coefficient (Wildman–Crippen LogP) is 6.65. The van der Waals surface area contributed by atoms with Crippen molar-refractivity contribution in [2.45, 2.75) is 12.7 Å². The van der Waals surface area contributed by atoms with Crippen LogP contribution in [0.3, 0.4) is 0 Å². The Morgan fingerprint density at radius 2 is 1.17 bits per heavy atom. The molecule has 0 amide bonds. The van der Waals surface area contributed by atoms with Crippen LogP contribution in [0.15, 0.2) is 66.7 Å². The Morgan fingerprint density at radius 3 is 1.80 bits per heavy atom. The lowest BCUT2D eigenvalue weighted by atomic mass is 10.0. The van der Waals surface area contributed by atoms with Gasteiger partial charge in [0.15, 0.2) is 11.5 Å². The molecule has 0 saturated heterocycles. The zero-order valence-electron chi connectivity index (χ0n) is 14.8. The minimum absolute atomic E-state index is 0.00462. The second kappa shape index (κ2) is 8.05. The molecule has 3 aromatic carbocycles. The zero-order valence-corrected chi connectivity index (χ0v) is 14.8. The van der Waals surface area contributed by atoms with Crippen molar-refractivity contribution in [2.24, 2.45) is 0 Å². The molecule has 0 heterocycles. The molecule has 0 unspecified atom stereocenters. The Balaban J connectivity index is 2.05. The molecule has 0 atom stereocenters. The van der Waals surface area contributed by atoms with Gasteiger partial charge in [0.2, 0.25) is 5.75 Å². The SMILES string of the molecule is Oc1ccc(-c2ccccc2Oc2cccc(OC(F)(F)F)c2OC(F)(F)F)cc1. The second-order valence-corrected chi connectivity index (χ2v) is 5.82. The van der Waals surface area contributed by atoms with Crippen LogP contribution >= 0.6 is 0 Å². The predicted molar refractivity (Wildman–Crippen MR) is 93.4 cm³/mol. The number of hydrogen-bond acceptors (Lipinski definition) is 4. The van der Waals surface area contributed by atoms with Gasteiger partial charge in [0.05, 0.1) is 0 Å². The van der Waals surface area contributed by atoms with E-state index in [2.05, 4.69) is 9.47 Å². The Kier molecular flexibility index (Phi) is 5.68. The average molecular weight is 430 g/mol. The first-order chi connectivity index (χ1) is 14.0. The largest absolute Gasteiger partial charge is 0.573 e. The average Bonchev–Trinajstić information content (AvgIpc) is 2.63. The molecule has 10 heteroatoms. The monoisotopic (exact) mass is 430 g/mol. The molecule has 4 nitrogen and oxygen atoms in total. The molecule has 1 N–H and O–H groups in total. The number of alkyl halides is 6. The maximum atomic E-state index is 12.8. The molecule has 0 aromatic heterocycles. The molecule has 0 aliphatic rings. The summed E-state index contributed by atoms with van der Waals surface area (Å²) in [5.41, 5.74) is 0.960. The number of hydrogen-bond donors (Lipinski definition) is 1. The van der Waals surface area contributed by atoms with Crippen molar-refractivity contribution in [2.75, 3.05) is 0 Å². The van der Waals surface area contributed by atoms with E-state index in [0.717, 1.165) is 12.1 Å². The van der Waals surface area contributed by atoms with Gasteiger partial charge < -0.3 is 19.3 Å². The van der Waals surface area contributed by atoms with Crippen LogP contribution in [0, 0.1) is 0 Å². The van der Waals surface area contributed by atoms with Crippen molar-refractivity contribution in [3.05, 3.63) is 66.7 Å². The number of benzene rings is 3. The first-order valence-corrected chi connectivity index (χ1v) is 8.22. The summed E-state index contributed by atoms with van der Waals surface area (Å²) >= 11 is 0. The first-order valence-electron chi connectivity index (χ1n) is 8.22. The van der Waals surface area contributed by atoms with E-state index in [1.165, 1.54) is 36.4 Å². The summed E-state index contributed by atoms with van der Waals surface area (Å²) in [4.78, 5) is 0. The molecule has 0 bridgehead atoms. The number of halogens is 6. The topological polar surface area (TPSA) is 47.9 Å². The summed E-state index contributed by atoms with van der Waals surface area (Å²) < 4.78 is 89.2. The Bertz CT molecular complexity index is 1010. The zero-order chi connectivity index (χ0) is 21.9. The van der Waals surface area contributed by atoms with Gasteiger partial charge in [-0.25, -0.2) is 0 Å². The van der Waals surface area contributed by atoms with Gasteiger partial charge in [-0.2, -0.15) is 0 Å². The Labute approximate surface area is 165 Å². The van der Waals surface area contributed by atoms with E-state index < -0.39 is 30.0 Å². The fraction of sp³-hybridized carbons (Fsp3) is 0.100. The summed E-state index contributed by atoms with van der Waals surface area (Å²) in [5, 5.41) is 9.42. The number of phenolic OH excluding ortho intramolecular Hbond substituents is 1. The lowest BCUT2D eigenvalue weighted by Gasteiger charge is -2.19. The fourth-order valence-corrected chi connectivity index (χ4v) is 2.55. The highest BCUT2D eigenvalue weighted by atomic mass is 19.4. The summed E-state index contributed by atoms with van der Waals surface area (Å²) in [6.45, 7) is 0. The summed E-state index contributed by atoms with van der Waals surface area (Å²) in [6, 6.07) is 14.7. The fourth-order valence-electron chi connectivity index (χ4n) is 2.55. The maximum Gasteiger partial charge on any atom is 0.573 e. The van der Waals surface area contributed by atoms with Crippen molar-refractivity contribution in [1.82, 2.24) is 0 Å². The summed E-state index contributed by atoms with van der Waals surface area (Å²) in [6.07, 6.45) is -10.5. The van der Waals surface area contributed by atoms with Gasteiger partial charge in [0.1, 0.15) is 11.5 Å². The molecule has 158 valence electrons. The van der Waals surface area contributed by atoms with Crippen LogP contribution in [0.5, 0.6) is 28.7 Å². The smallest absolute Gasteiger partial charge is 0.508 e. The van der Waals surface area contributed by atoms with Crippen molar-refractivity contribution < 1.29 is 45.7 Å². The molecule has 3 aromatic rings. The lowest BCUT2D eigenvalue weighted by Crippen LogP contribution is -2.21. The third kappa shape index (κ3) is 5.49. The lowest BCUT2D eigenvalue weighted by molar-refractivity contribution is -0.287. The van der Waals surface area contributed by atoms with Gasteiger partial charge in [-0.05, 0) is 35.9 Å². The molecule has 0 aliphatic heterocycles. The third-order valence-electron chi connectivity index (χ3n) is 3.67. The number of phenols is 1. The summed E-state index contributed by atoms with van der Waals surface area (Å²) in [5.74, 6) is -3.09. The molecule has 30 heavy (non-hydrogen) atoms. The van der Waals surface area contributed by atoms with Crippen LogP contribution in [0.1, 0.15) is 0 Å². The molecule has 0 radical (unpaired) electrons. The quantitative estimate of drug-likeness (QED) is 0.461. The van der Waals surface area contributed by atoms with E-state index in [4.69, 9.17) is 4.74 Å². The van der Waals surface area contributed by atoms with Gasteiger partial charge in [-0.15, -0.1) is 26.3 Å². The molecular weight excluding hydrogens is 418 g/mol. The Hall–Kier alpha value is -3.56. The number of para-hydroxylation sites is 2. The van der Waals surface area contributed by atoms with E-state index in [-0.39, 0.29) is 11.5 Å². The number of aromatic hydroxyl groups is 1. The molecule has 0 fully saturated rings. The van der Waals surface area contributed by atoms with Gasteiger partial charge in [0, 0.05) is 5.56 Å². The standard InChI is InChI=1S/C20H12F6O4/c21-19(22,23)29-17-7-3-6-16(18(17)30-20(24,25)26)28-15-5-2-1-4-14(15)12-8-10-13(27)11-9-12/h1-11,27H. The van der Waals surface area contributed by atoms with E-state index in [1.54, 1.807) is 12.1 Å². The van der Waals surface area contributed by atoms with Crippen LogP contribution in [0.25, 0.3) is 11.1 Å². The van der Waals surface area contributed by atoms with E-state index in [9.17, 15) is 31.4 Å². The van der Waals surface area contributed by atoms with Crippen LogP contribution in [-0.2, 0) is 0 Å². The summed E-state index contributed by atoms with van der Waals surface area (Å²) in [7, 11) is 0. The molecule has 0 spiro atoms. The van der Waals surface area contributed by atoms with E-state index in [1.807, 2.05) is 0 Å². The van der Waals surface area contributed by atoms with Gasteiger partial charge in [-0.1, -0.05) is 36.4 Å². The first kappa shape index (κ1) is 21.2. The molecule has 3 rings (SSSR count). The minimum atomic E-state index is -5.29. The second-order valence-electron chi connectivity index (χ2n) is 5.82. The van der Waals surface area contributed by atoms with Crippen molar-refractivity contribution >= 4 is 0 Å². The van der Waals surface area contributed by atoms with Crippen LogP contribution in [0.2, 0.25) is 0 Å². The van der Waals surface area contributed by atoms with Crippen molar-refractivity contribution in [3.63, 3.8) is 0 Å². The van der Waals surface area contributed by atoms with Crippen LogP contribution in [0.4, 0.5) is 26.3 Å². The van der Waals surface area contributed by atoms with Gasteiger partial charge in [-0.3, -0.25) is 0 Å². The van der Waals surface area contributed by atoms with Crippen molar-refractivity contribution in [1.29, 1.82) is 0 Å². The van der Waals surface area contributed by atoms with Crippen LogP contribution in [-0.4, -0.2) is 17.8 Å². The maximum absolute atomic E-state index is 12.8. The molecule has 0 saturated carbocycles.